The predicted molar refractivity (Wildman–Crippen MR) is 97.9 cm³/mol. The average molecular weight is 337 g/mol. The van der Waals surface area contributed by atoms with Gasteiger partial charge in [-0.3, -0.25) is 19.1 Å². The molecule has 1 aromatic heterocycles. The molecule has 0 aliphatic heterocycles. The van der Waals surface area contributed by atoms with E-state index in [9.17, 15) is 14.4 Å². The SMILES string of the molecule is CCc1cccc(NC(=O)CCn2c(=O)[nH]c(=O)c3ccccc32)c1. The van der Waals surface area contributed by atoms with Gasteiger partial charge in [0.25, 0.3) is 5.56 Å². The van der Waals surface area contributed by atoms with Gasteiger partial charge in [0.2, 0.25) is 5.91 Å². The van der Waals surface area contributed by atoms with Crippen LogP contribution in [0.5, 0.6) is 0 Å². The molecule has 0 radical (unpaired) electrons. The summed E-state index contributed by atoms with van der Waals surface area (Å²) < 4.78 is 1.42. The van der Waals surface area contributed by atoms with E-state index < -0.39 is 11.2 Å². The Kier molecular flexibility index (Phi) is 4.79. The average Bonchev–Trinajstić information content (AvgIpc) is 2.61. The Labute approximate surface area is 144 Å². The molecule has 0 unspecified atom stereocenters. The van der Waals surface area contributed by atoms with Crippen molar-refractivity contribution >= 4 is 22.5 Å². The van der Waals surface area contributed by atoms with E-state index in [1.54, 1.807) is 24.3 Å². The van der Waals surface area contributed by atoms with Crippen LogP contribution in [0.4, 0.5) is 5.69 Å². The van der Waals surface area contributed by atoms with E-state index in [1.807, 2.05) is 24.3 Å². The summed E-state index contributed by atoms with van der Waals surface area (Å²) in [6, 6.07) is 14.5. The van der Waals surface area contributed by atoms with Crippen LogP contribution in [-0.2, 0) is 17.8 Å². The molecule has 1 heterocycles. The molecule has 0 aliphatic carbocycles. The Morgan fingerprint density at radius 1 is 1.12 bits per heavy atom. The molecule has 0 saturated carbocycles. The molecule has 2 N–H and O–H groups in total. The number of para-hydroxylation sites is 1. The van der Waals surface area contributed by atoms with Crippen LogP contribution in [0.1, 0.15) is 18.9 Å². The fourth-order valence-electron chi connectivity index (χ4n) is 2.77. The maximum absolute atomic E-state index is 12.2. The lowest BCUT2D eigenvalue weighted by Gasteiger charge is -2.10. The highest BCUT2D eigenvalue weighted by atomic mass is 16.2. The first kappa shape index (κ1) is 16.7. The van der Waals surface area contributed by atoms with Gasteiger partial charge in [-0.15, -0.1) is 0 Å². The third-order valence-electron chi connectivity index (χ3n) is 4.09. The molecular formula is C19H19N3O3. The van der Waals surface area contributed by atoms with Crippen LogP contribution in [-0.4, -0.2) is 15.5 Å². The fraction of sp³-hybridized carbons (Fsp3) is 0.211. The van der Waals surface area contributed by atoms with E-state index in [2.05, 4.69) is 17.2 Å². The molecule has 0 saturated heterocycles. The van der Waals surface area contributed by atoms with E-state index >= 15 is 0 Å². The number of anilines is 1. The largest absolute Gasteiger partial charge is 0.328 e. The molecule has 6 nitrogen and oxygen atoms in total. The number of aromatic nitrogens is 2. The third-order valence-corrected chi connectivity index (χ3v) is 4.09. The number of carbonyl (C=O) groups excluding carboxylic acids is 1. The van der Waals surface area contributed by atoms with Crippen molar-refractivity contribution in [3.05, 3.63) is 74.9 Å². The normalized spacial score (nSPS) is 10.8. The van der Waals surface area contributed by atoms with Crippen molar-refractivity contribution in [3.8, 4) is 0 Å². The highest BCUT2D eigenvalue weighted by Gasteiger charge is 2.09. The molecule has 0 fully saturated rings. The number of benzene rings is 2. The highest BCUT2D eigenvalue weighted by molar-refractivity contribution is 5.90. The van der Waals surface area contributed by atoms with Crippen molar-refractivity contribution in [2.75, 3.05) is 5.32 Å². The van der Waals surface area contributed by atoms with Crippen LogP contribution in [0.25, 0.3) is 10.9 Å². The van der Waals surface area contributed by atoms with Gasteiger partial charge in [-0.25, -0.2) is 4.79 Å². The second kappa shape index (κ2) is 7.17. The zero-order valence-corrected chi connectivity index (χ0v) is 13.9. The number of carbonyl (C=O) groups is 1. The predicted octanol–water partition coefficient (Wildman–Crippen LogP) is 2.28. The Morgan fingerprint density at radius 3 is 2.72 bits per heavy atom. The zero-order chi connectivity index (χ0) is 17.8. The molecule has 128 valence electrons. The van der Waals surface area contributed by atoms with Gasteiger partial charge in [0.1, 0.15) is 0 Å². The standard InChI is InChI=1S/C19H19N3O3/c1-2-13-6-5-7-14(12-13)20-17(23)10-11-22-16-9-4-3-8-15(16)18(24)21-19(22)25/h3-9,12H,2,10-11H2,1H3,(H,20,23)(H,21,24,25). The lowest BCUT2D eigenvalue weighted by atomic mass is 10.1. The summed E-state index contributed by atoms with van der Waals surface area (Å²) in [4.78, 5) is 38.4. The van der Waals surface area contributed by atoms with Gasteiger partial charge in [0.15, 0.2) is 0 Å². The summed E-state index contributed by atoms with van der Waals surface area (Å²) in [6.45, 7) is 2.24. The maximum Gasteiger partial charge on any atom is 0.328 e. The number of aromatic amines is 1. The fourth-order valence-corrected chi connectivity index (χ4v) is 2.77. The van der Waals surface area contributed by atoms with Crippen molar-refractivity contribution in [3.63, 3.8) is 0 Å². The van der Waals surface area contributed by atoms with E-state index in [4.69, 9.17) is 0 Å². The van der Waals surface area contributed by atoms with E-state index in [-0.39, 0.29) is 18.9 Å². The second-order valence-corrected chi connectivity index (χ2v) is 5.78. The topological polar surface area (TPSA) is 84.0 Å². The number of nitrogens with zero attached hydrogens (tertiary/aromatic N) is 1. The van der Waals surface area contributed by atoms with E-state index in [1.165, 1.54) is 4.57 Å². The summed E-state index contributed by atoms with van der Waals surface area (Å²) >= 11 is 0. The van der Waals surface area contributed by atoms with Crippen molar-refractivity contribution < 1.29 is 4.79 Å². The van der Waals surface area contributed by atoms with Gasteiger partial charge in [-0.1, -0.05) is 31.2 Å². The minimum Gasteiger partial charge on any atom is -0.326 e. The summed E-state index contributed by atoms with van der Waals surface area (Å²) in [6.07, 6.45) is 1.02. The quantitative estimate of drug-likeness (QED) is 0.749. The number of hydrogen-bond donors (Lipinski definition) is 2. The number of aryl methyl sites for hydroxylation is 2. The molecule has 0 spiro atoms. The van der Waals surface area contributed by atoms with Crippen LogP contribution in [0.15, 0.2) is 58.1 Å². The Morgan fingerprint density at radius 2 is 1.92 bits per heavy atom. The van der Waals surface area contributed by atoms with Gasteiger partial charge in [0.05, 0.1) is 10.9 Å². The summed E-state index contributed by atoms with van der Waals surface area (Å²) in [5.41, 5.74) is 1.47. The third kappa shape index (κ3) is 3.68. The van der Waals surface area contributed by atoms with Crippen molar-refractivity contribution in [2.45, 2.75) is 26.3 Å². The number of rotatable bonds is 5. The number of H-pyrrole nitrogens is 1. The smallest absolute Gasteiger partial charge is 0.326 e. The first-order chi connectivity index (χ1) is 12.1. The van der Waals surface area contributed by atoms with Crippen LogP contribution >= 0.6 is 0 Å². The summed E-state index contributed by atoms with van der Waals surface area (Å²) in [7, 11) is 0. The van der Waals surface area contributed by atoms with Crippen LogP contribution in [0.2, 0.25) is 0 Å². The zero-order valence-electron chi connectivity index (χ0n) is 13.9. The molecule has 0 bridgehead atoms. The number of nitrogens with one attached hydrogen (secondary N) is 2. The van der Waals surface area contributed by atoms with Crippen molar-refractivity contribution in [1.82, 2.24) is 9.55 Å². The minimum atomic E-state index is -0.510. The first-order valence-electron chi connectivity index (χ1n) is 8.19. The molecule has 1 amide bonds. The summed E-state index contributed by atoms with van der Waals surface area (Å²) in [5, 5.41) is 3.27. The number of fused-ring (bicyclic) bond motifs is 1. The molecule has 0 aliphatic rings. The van der Waals surface area contributed by atoms with E-state index in [0.29, 0.717) is 10.9 Å². The van der Waals surface area contributed by atoms with E-state index in [0.717, 1.165) is 17.7 Å². The van der Waals surface area contributed by atoms with Gasteiger partial charge in [-0.05, 0) is 36.2 Å². The molecule has 0 atom stereocenters. The van der Waals surface area contributed by atoms with Crippen molar-refractivity contribution in [2.24, 2.45) is 0 Å². The van der Waals surface area contributed by atoms with Crippen LogP contribution in [0, 0.1) is 0 Å². The lowest BCUT2D eigenvalue weighted by molar-refractivity contribution is -0.116. The molecular weight excluding hydrogens is 318 g/mol. The molecule has 3 aromatic rings. The Balaban J connectivity index is 1.77. The monoisotopic (exact) mass is 337 g/mol. The second-order valence-electron chi connectivity index (χ2n) is 5.78. The number of hydrogen-bond acceptors (Lipinski definition) is 3. The van der Waals surface area contributed by atoms with Crippen LogP contribution < -0.4 is 16.6 Å². The Hall–Kier alpha value is -3.15. The molecule has 3 rings (SSSR count). The van der Waals surface area contributed by atoms with Gasteiger partial charge in [-0.2, -0.15) is 0 Å². The maximum atomic E-state index is 12.2. The Bertz CT molecular complexity index is 1030. The molecule has 2 aromatic carbocycles. The molecule has 25 heavy (non-hydrogen) atoms. The van der Waals surface area contributed by atoms with Gasteiger partial charge >= 0.3 is 5.69 Å². The lowest BCUT2D eigenvalue weighted by Crippen LogP contribution is -2.31. The minimum absolute atomic E-state index is 0.131. The number of amides is 1. The highest BCUT2D eigenvalue weighted by Crippen LogP contribution is 2.12. The van der Waals surface area contributed by atoms with Crippen LogP contribution in [0.3, 0.4) is 0 Å². The molecule has 6 heteroatoms. The van der Waals surface area contributed by atoms with Crippen molar-refractivity contribution in [1.29, 1.82) is 0 Å². The van der Waals surface area contributed by atoms with Gasteiger partial charge < -0.3 is 5.32 Å². The summed E-state index contributed by atoms with van der Waals surface area (Å²) in [5.74, 6) is -0.185. The van der Waals surface area contributed by atoms with Gasteiger partial charge in [0, 0.05) is 18.7 Å². The first-order valence-corrected chi connectivity index (χ1v) is 8.19.